The third-order valence-electron chi connectivity index (χ3n) is 9.24. The van der Waals surface area contributed by atoms with Crippen LogP contribution in [0.25, 0.3) is 11.3 Å². The molecule has 210 valence electrons. The van der Waals surface area contributed by atoms with Crippen LogP contribution in [0.5, 0.6) is 0 Å². The number of hydrogen-bond acceptors (Lipinski definition) is 5. The Morgan fingerprint density at radius 1 is 1.05 bits per heavy atom. The first kappa shape index (κ1) is 26.7. The number of nitrogens with one attached hydrogen (secondary N) is 1. The van der Waals surface area contributed by atoms with Crippen LogP contribution in [0.15, 0.2) is 71.8 Å². The lowest BCUT2D eigenvalue weighted by Crippen LogP contribution is -2.64. The Morgan fingerprint density at radius 2 is 1.80 bits per heavy atom. The molecule has 3 fully saturated rings. The van der Waals surface area contributed by atoms with E-state index in [1.807, 2.05) is 35.2 Å². The number of hydrogen-bond donors (Lipinski definition) is 2. The van der Waals surface area contributed by atoms with E-state index in [0.29, 0.717) is 50.4 Å². The fourth-order valence-electron chi connectivity index (χ4n) is 6.99. The zero-order valence-corrected chi connectivity index (χ0v) is 22.6. The minimum Gasteiger partial charge on any atom is -0.387 e. The molecule has 2 aromatic carbocycles. The van der Waals surface area contributed by atoms with Gasteiger partial charge >= 0.3 is 6.03 Å². The third kappa shape index (κ3) is 4.81. The first-order chi connectivity index (χ1) is 19.4. The van der Waals surface area contributed by atoms with Crippen molar-refractivity contribution in [2.45, 2.75) is 50.3 Å². The van der Waals surface area contributed by atoms with Crippen molar-refractivity contribution in [3.8, 4) is 11.3 Å². The predicted octanol–water partition coefficient (Wildman–Crippen LogP) is 3.81. The van der Waals surface area contributed by atoms with Crippen LogP contribution >= 0.6 is 0 Å². The maximum absolute atomic E-state index is 14.7. The summed E-state index contributed by atoms with van der Waals surface area (Å²) < 4.78 is 16.2. The highest BCUT2D eigenvalue weighted by Gasteiger charge is 2.56. The molecule has 2 amide bonds. The van der Waals surface area contributed by atoms with E-state index in [9.17, 15) is 19.1 Å². The standard InChI is InChI=1S/C31H36FN5O3/c32-25-11-5-4-10-24(25)27-19-33-15-17-37(27)29(39)35-16-14-31(40,30(20-35)12-6-7-13-30)21-36-22-34-26(18-28(36)38)23-8-2-1-3-9-23/h1-5,8-11,18,22,27,33,40H,6-7,12-17,19-21H2/t27?,31-/m1/s1. The van der Waals surface area contributed by atoms with Gasteiger partial charge in [-0.1, -0.05) is 61.4 Å². The minimum atomic E-state index is -1.14. The summed E-state index contributed by atoms with van der Waals surface area (Å²) in [5, 5.41) is 15.5. The van der Waals surface area contributed by atoms with Crippen LogP contribution in [0.3, 0.4) is 0 Å². The number of piperidine rings is 1. The Bertz CT molecular complexity index is 1420. The Labute approximate surface area is 233 Å². The lowest BCUT2D eigenvalue weighted by molar-refractivity contribution is -0.137. The second-order valence-corrected chi connectivity index (χ2v) is 11.5. The van der Waals surface area contributed by atoms with Crippen LogP contribution in [-0.2, 0) is 6.54 Å². The highest BCUT2D eigenvalue weighted by atomic mass is 19.1. The predicted molar refractivity (Wildman–Crippen MR) is 150 cm³/mol. The SMILES string of the molecule is O=C(N1CC[C@@](O)(Cn2cnc(-c3ccccc3)cc2=O)C2(CCCC2)C1)N1CCNCC1c1ccccc1F. The number of rotatable bonds is 4. The zero-order chi connectivity index (χ0) is 27.7. The summed E-state index contributed by atoms with van der Waals surface area (Å²) in [5.74, 6) is -0.313. The topological polar surface area (TPSA) is 90.7 Å². The summed E-state index contributed by atoms with van der Waals surface area (Å²) >= 11 is 0. The molecule has 40 heavy (non-hydrogen) atoms. The highest BCUT2D eigenvalue weighted by Crippen LogP contribution is 2.51. The first-order valence-corrected chi connectivity index (χ1v) is 14.2. The van der Waals surface area contributed by atoms with Crippen molar-refractivity contribution in [3.05, 3.63) is 88.7 Å². The van der Waals surface area contributed by atoms with Crippen molar-refractivity contribution in [2.24, 2.45) is 5.41 Å². The van der Waals surface area contributed by atoms with Crippen molar-refractivity contribution in [1.29, 1.82) is 0 Å². The van der Waals surface area contributed by atoms with E-state index < -0.39 is 17.1 Å². The molecule has 0 bridgehead atoms. The monoisotopic (exact) mass is 545 g/mol. The molecule has 1 unspecified atom stereocenters. The van der Waals surface area contributed by atoms with Crippen molar-refractivity contribution in [3.63, 3.8) is 0 Å². The van der Waals surface area contributed by atoms with Gasteiger partial charge in [0.25, 0.3) is 5.56 Å². The van der Waals surface area contributed by atoms with Gasteiger partial charge in [-0.15, -0.1) is 0 Å². The molecule has 2 atom stereocenters. The number of likely N-dealkylation sites (tertiary alicyclic amines) is 1. The number of carbonyl (C=O) groups is 1. The molecule has 3 aliphatic rings. The molecule has 6 rings (SSSR count). The molecule has 2 aliphatic heterocycles. The molecule has 0 radical (unpaired) electrons. The lowest BCUT2D eigenvalue weighted by atomic mass is 9.66. The summed E-state index contributed by atoms with van der Waals surface area (Å²) in [6.07, 6.45) is 5.40. The molecule has 1 aliphatic carbocycles. The molecule has 1 aromatic heterocycles. The first-order valence-electron chi connectivity index (χ1n) is 14.2. The fraction of sp³-hybridized carbons (Fsp3) is 0.452. The highest BCUT2D eigenvalue weighted by molar-refractivity contribution is 5.75. The van der Waals surface area contributed by atoms with E-state index in [4.69, 9.17) is 0 Å². The van der Waals surface area contributed by atoms with Gasteiger partial charge in [0.15, 0.2) is 0 Å². The minimum absolute atomic E-state index is 0.117. The van der Waals surface area contributed by atoms with Crippen LogP contribution < -0.4 is 10.9 Å². The Hall–Kier alpha value is -3.56. The van der Waals surface area contributed by atoms with Gasteiger partial charge in [-0.25, -0.2) is 14.2 Å². The van der Waals surface area contributed by atoms with E-state index >= 15 is 0 Å². The van der Waals surface area contributed by atoms with Gasteiger partial charge in [0.2, 0.25) is 0 Å². The molecule has 2 saturated heterocycles. The van der Waals surface area contributed by atoms with Gasteiger partial charge in [-0.3, -0.25) is 9.36 Å². The largest absolute Gasteiger partial charge is 0.387 e. The average Bonchev–Trinajstić information content (AvgIpc) is 3.46. The zero-order valence-electron chi connectivity index (χ0n) is 22.6. The molecule has 8 nitrogen and oxygen atoms in total. The number of piperazine rings is 1. The Kier molecular flexibility index (Phi) is 7.18. The van der Waals surface area contributed by atoms with Crippen LogP contribution in [0.2, 0.25) is 0 Å². The second kappa shape index (κ2) is 10.8. The van der Waals surface area contributed by atoms with E-state index in [1.54, 1.807) is 23.1 Å². The molecule has 3 aromatic rings. The normalized spacial score (nSPS) is 24.4. The number of aliphatic hydroxyl groups is 1. The van der Waals surface area contributed by atoms with Crippen molar-refractivity contribution in [1.82, 2.24) is 24.7 Å². The van der Waals surface area contributed by atoms with Crippen LogP contribution in [-0.4, -0.2) is 68.8 Å². The molecule has 3 heterocycles. The number of urea groups is 1. The average molecular weight is 546 g/mol. The number of benzene rings is 2. The molecular weight excluding hydrogens is 509 g/mol. The summed E-state index contributed by atoms with van der Waals surface area (Å²) in [4.78, 5) is 35.2. The number of carbonyl (C=O) groups excluding carboxylic acids is 1. The van der Waals surface area contributed by atoms with Crippen molar-refractivity contribution >= 4 is 6.03 Å². The van der Waals surface area contributed by atoms with Gasteiger partial charge in [-0.2, -0.15) is 0 Å². The van der Waals surface area contributed by atoms with Gasteiger partial charge in [0, 0.05) is 55.3 Å². The van der Waals surface area contributed by atoms with E-state index in [1.165, 1.54) is 23.0 Å². The van der Waals surface area contributed by atoms with E-state index in [0.717, 1.165) is 31.2 Å². The van der Waals surface area contributed by atoms with E-state index in [2.05, 4.69) is 10.3 Å². The molecule has 1 saturated carbocycles. The van der Waals surface area contributed by atoms with Gasteiger partial charge in [0.1, 0.15) is 5.82 Å². The number of nitrogens with zero attached hydrogens (tertiary/aromatic N) is 4. The Balaban J connectivity index is 1.23. The summed E-state index contributed by atoms with van der Waals surface area (Å²) in [6, 6.07) is 17.2. The van der Waals surface area contributed by atoms with Crippen LogP contribution in [0.1, 0.15) is 43.7 Å². The van der Waals surface area contributed by atoms with Crippen LogP contribution in [0, 0.1) is 11.2 Å². The quantitative estimate of drug-likeness (QED) is 0.521. The van der Waals surface area contributed by atoms with Crippen LogP contribution in [0.4, 0.5) is 9.18 Å². The summed E-state index contributed by atoms with van der Waals surface area (Å²) in [6.45, 7) is 2.55. The lowest BCUT2D eigenvalue weighted by Gasteiger charge is -2.53. The molecule has 9 heteroatoms. The smallest absolute Gasteiger partial charge is 0.320 e. The molecule has 1 spiro atoms. The third-order valence-corrected chi connectivity index (χ3v) is 9.24. The van der Waals surface area contributed by atoms with Gasteiger partial charge < -0.3 is 20.2 Å². The van der Waals surface area contributed by atoms with Gasteiger partial charge in [-0.05, 0) is 25.3 Å². The van der Waals surface area contributed by atoms with E-state index in [-0.39, 0.29) is 24.0 Å². The Morgan fingerprint density at radius 3 is 2.55 bits per heavy atom. The number of halogens is 1. The van der Waals surface area contributed by atoms with Crippen molar-refractivity contribution in [2.75, 3.05) is 32.7 Å². The summed E-state index contributed by atoms with van der Waals surface area (Å²) in [5.41, 5.74) is 0.117. The molecule has 2 N–H and O–H groups in total. The number of aromatic nitrogens is 2. The van der Waals surface area contributed by atoms with Crippen molar-refractivity contribution < 1.29 is 14.3 Å². The maximum Gasteiger partial charge on any atom is 0.320 e. The maximum atomic E-state index is 14.7. The summed E-state index contributed by atoms with van der Waals surface area (Å²) in [7, 11) is 0. The second-order valence-electron chi connectivity index (χ2n) is 11.5. The number of amides is 2. The fourth-order valence-corrected chi connectivity index (χ4v) is 6.99. The van der Waals surface area contributed by atoms with Gasteiger partial charge in [0.05, 0.1) is 30.2 Å². The molecular formula is C31H36FN5O3.